The van der Waals surface area contributed by atoms with Gasteiger partial charge in [0.1, 0.15) is 17.5 Å². The molecule has 1 aromatic carbocycles. The zero-order valence-corrected chi connectivity index (χ0v) is 13.7. The molecule has 1 fully saturated rings. The number of hydrogen-bond donors (Lipinski definition) is 0. The van der Waals surface area contributed by atoms with Crippen molar-refractivity contribution in [3.8, 4) is 5.75 Å². The molecular formula is C16H22N2O5. The normalized spacial score (nSPS) is 18.4. The Hall–Kier alpha value is -2.31. The molecule has 126 valence electrons. The number of benzene rings is 1. The first-order chi connectivity index (χ1) is 10.7. The van der Waals surface area contributed by atoms with Gasteiger partial charge in [0.05, 0.1) is 11.5 Å². The molecule has 7 heteroatoms. The van der Waals surface area contributed by atoms with Crippen molar-refractivity contribution in [2.75, 3.05) is 13.1 Å². The van der Waals surface area contributed by atoms with Crippen molar-refractivity contribution in [3.63, 3.8) is 0 Å². The van der Waals surface area contributed by atoms with Crippen LogP contribution in [-0.2, 0) is 4.74 Å². The molecule has 1 heterocycles. The number of nitro benzene ring substituents is 1. The summed E-state index contributed by atoms with van der Waals surface area (Å²) >= 11 is 0. The summed E-state index contributed by atoms with van der Waals surface area (Å²) in [5, 5.41) is 10.6. The van der Waals surface area contributed by atoms with Crippen LogP contribution in [0.25, 0.3) is 0 Å². The fourth-order valence-corrected chi connectivity index (χ4v) is 2.37. The summed E-state index contributed by atoms with van der Waals surface area (Å²) in [4.78, 5) is 23.9. The van der Waals surface area contributed by atoms with Crippen molar-refractivity contribution in [1.29, 1.82) is 0 Å². The third kappa shape index (κ3) is 5.12. The summed E-state index contributed by atoms with van der Waals surface area (Å²) in [5.74, 6) is 0.562. The molecule has 0 aromatic heterocycles. The molecule has 1 aliphatic rings. The van der Waals surface area contributed by atoms with E-state index < -0.39 is 10.5 Å². The SMILES string of the molecule is CC(C)(C)OC(=O)N1CCCC(Oc2ccc([N+](=O)[O-])cc2)C1. The minimum Gasteiger partial charge on any atom is -0.489 e. The Morgan fingerprint density at radius 2 is 1.96 bits per heavy atom. The van der Waals surface area contributed by atoms with Crippen LogP contribution in [0.3, 0.4) is 0 Å². The molecule has 1 unspecified atom stereocenters. The second-order valence-corrected chi connectivity index (χ2v) is 6.56. The van der Waals surface area contributed by atoms with E-state index in [4.69, 9.17) is 9.47 Å². The van der Waals surface area contributed by atoms with E-state index in [2.05, 4.69) is 0 Å². The van der Waals surface area contributed by atoms with Gasteiger partial charge >= 0.3 is 6.09 Å². The number of nitro groups is 1. The van der Waals surface area contributed by atoms with E-state index >= 15 is 0 Å². The van der Waals surface area contributed by atoms with Crippen molar-refractivity contribution in [2.24, 2.45) is 0 Å². The number of carbonyl (C=O) groups is 1. The Morgan fingerprint density at radius 1 is 1.30 bits per heavy atom. The maximum Gasteiger partial charge on any atom is 0.410 e. The zero-order chi connectivity index (χ0) is 17.0. The van der Waals surface area contributed by atoms with Crippen LogP contribution < -0.4 is 4.74 Å². The predicted octanol–water partition coefficient (Wildman–Crippen LogP) is 3.37. The molecular weight excluding hydrogens is 300 g/mol. The summed E-state index contributed by atoms with van der Waals surface area (Å²) in [5.41, 5.74) is -0.500. The number of nitrogens with zero attached hydrogens (tertiary/aromatic N) is 2. The second-order valence-electron chi connectivity index (χ2n) is 6.56. The van der Waals surface area contributed by atoms with Crippen LogP contribution in [0.1, 0.15) is 33.6 Å². The fourth-order valence-electron chi connectivity index (χ4n) is 2.37. The molecule has 1 aliphatic heterocycles. The van der Waals surface area contributed by atoms with Gasteiger partial charge in [-0.2, -0.15) is 0 Å². The van der Waals surface area contributed by atoms with E-state index in [0.29, 0.717) is 18.8 Å². The van der Waals surface area contributed by atoms with Crippen LogP contribution in [0, 0.1) is 10.1 Å². The van der Waals surface area contributed by atoms with Gasteiger partial charge in [-0.05, 0) is 45.7 Å². The summed E-state index contributed by atoms with van der Waals surface area (Å²) < 4.78 is 11.2. The highest BCUT2D eigenvalue weighted by atomic mass is 16.6. The van der Waals surface area contributed by atoms with Gasteiger partial charge < -0.3 is 14.4 Å². The van der Waals surface area contributed by atoms with Gasteiger partial charge in [-0.25, -0.2) is 4.79 Å². The third-order valence-corrected chi connectivity index (χ3v) is 3.38. The third-order valence-electron chi connectivity index (χ3n) is 3.38. The van der Waals surface area contributed by atoms with Crippen LogP contribution in [0.2, 0.25) is 0 Å². The Labute approximate surface area is 135 Å². The average Bonchev–Trinajstić information content (AvgIpc) is 2.46. The van der Waals surface area contributed by atoms with E-state index in [-0.39, 0.29) is 17.9 Å². The highest BCUT2D eigenvalue weighted by molar-refractivity contribution is 5.68. The first kappa shape index (κ1) is 17.1. The van der Waals surface area contributed by atoms with Crippen LogP contribution in [-0.4, -0.2) is 40.7 Å². The minimum atomic E-state index is -0.525. The summed E-state index contributed by atoms with van der Waals surface area (Å²) in [6.45, 7) is 6.60. The molecule has 23 heavy (non-hydrogen) atoms. The number of carbonyl (C=O) groups excluding carboxylic acids is 1. The van der Waals surface area contributed by atoms with Crippen LogP contribution in [0.15, 0.2) is 24.3 Å². The number of likely N-dealkylation sites (tertiary alicyclic amines) is 1. The van der Waals surface area contributed by atoms with Crippen LogP contribution in [0.4, 0.5) is 10.5 Å². The summed E-state index contributed by atoms with van der Waals surface area (Å²) in [6.07, 6.45) is 1.18. The minimum absolute atomic E-state index is 0.0244. The highest BCUT2D eigenvalue weighted by Crippen LogP contribution is 2.22. The molecule has 1 amide bonds. The van der Waals surface area contributed by atoms with Crippen molar-refractivity contribution < 1.29 is 19.2 Å². The predicted molar refractivity (Wildman–Crippen MR) is 84.6 cm³/mol. The van der Waals surface area contributed by atoms with E-state index in [9.17, 15) is 14.9 Å². The maximum absolute atomic E-state index is 12.1. The standard InChI is InChI=1S/C16H22N2O5/c1-16(2,3)23-15(19)17-10-4-5-14(11-17)22-13-8-6-12(7-9-13)18(20)21/h6-9,14H,4-5,10-11H2,1-3H3. The summed E-state index contributed by atoms with van der Waals surface area (Å²) in [6, 6.07) is 5.96. The topological polar surface area (TPSA) is 81.9 Å². The smallest absolute Gasteiger partial charge is 0.410 e. The highest BCUT2D eigenvalue weighted by Gasteiger charge is 2.28. The van der Waals surface area contributed by atoms with Crippen LogP contribution >= 0.6 is 0 Å². The number of non-ortho nitro benzene ring substituents is 1. The largest absolute Gasteiger partial charge is 0.489 e. The monoisotopic (exact) mass is 322 g/mol. The van der Waals surface area contributed by atoms with Gasteiger partial charge in [0.15, 0.2) is 0 Å². The van der Waals surface area contributed by atoms with Crippen molar-refractivity contribution in [1.82, 2.24) is 4.90 Å². The second kappa shape index (κ2) is 6.85. The van der Waals surface area contributed by atoms with E-state index in [1.165, 1.54) is 12.1 Å². The van der Waals surface area contributed by atoms with Crippen molar-refractivity contribution >= 4 is 11.8 Å². The van der Waals surface area contributed by atoms with E-state index in [1.54, 1.807) is 17.0 Å². The Balaban J connectivity index is 1.93. The lowest BCUT2D eigenvalue weighted by atomic mass is 10.1. The Bertz CT molecular complexity index is 565. The van der Waals surface area contributed by atoms with Gasteiger partial charge in [-0.3, -0.25) is 10.1 Å². The number of amides is 1. The lowest BCUT2D eigenvalue weighted by Gasteiger charge is -2.34. The zero-order valence-electron chi connectivity index (χ0n) is 13.7. The van der Waals surface area contributed by atoms with Crippen molar-refractivity contribution in [2.45, 2.75) is 45.3 Å². The number of rotatable bonds is 3. The first-order valence-corrected chi connectivity index (χ1v) is 7.63. The lowest BCUT2D eigenvalue weighted by Crippen LogP contribution is -2.46. The van der Waals surface area contributed by atoms with E-state index in [1.807, 2.05) is 20.8 Å². The fraction of sp³-hybridized carbons (Fsp3) is 0.562. The quantitative estimate of drug-likeness (QED) is 0.629. The Kier molecular flexibility index (Phi) is 5.08. The van der Waals surface area contributed by atoms with Gasteiger partial charge in [0, 0.05) is 18.7 Å². The van der Waals surface area contributed by atoms with Crippen LogP contribution in [0.5, 0.6) is 5.75 Å². The number of ether oxygens (including phenoxy) is 2. The first-order valence-electron chi connectivity index (χ1n) is 7.63. The molecule has 0 radical (unpaired) electrons. The molecule has 0 spiro atoms. The number of piperidine rings is 1. The van der Waals surface area contributed by atoms with Gasteiger partial charge in [-0.1, -0.05) is 0 Å². The van der Waals surface area contributed by atoms with Crippen molar-refractivity contribution in [3.05, 3.63) is 34.4 Å². The average molecular weight is 322 g/mol. The molecule has 7 nitrogen and oxygen atoms in total. The van der Waals surface area contributed by atoms with E-state index in [0.717, 1.165) is 12.8 Å². The number of hydrogen-bond acceptors (Lipinski definition) is 5. The van der Waals surface area contributed by atoms with Gasteiger partial charge in [0.25, 0.3) is 5.69 Å². The molecule has 2 rings (SSSR count). The lowest BCUT2D eigenvalue weighted by molar-refractivity contribution is -0.384. The summed E-state index contributed by atoms with van der Waals surface area (Å²) in [7, 11) is 0. The molecule has 1 saturated heterocycles. The molecule has 1 atom stereocenters. The van der Waals surface area contributed by atoms with Gasteiger partial charge in [-0.15, -0.1) is 0 Å². The van der Waals surface area contributed by atoms with Gasteiger partial charge in [0.2, 0.25) is 0 Å². The Morgan fingerprint density at radius 3 is 2.52 bits per heavy atom. The molecule has 0 bridgehead atoms. The molecule has 0 N–H and O–H groups in total. The molecule has 1 aromatic rings. The molecule has 0 saturated carbocycles. The molecule has 0 aliphatic carbocycles. The maximum atomic E-state index is 12.1.